The van der Waals surface area contributed by atoms with Crippen molar-refractivity contribution >= 4 is 22.7 Å². The van der Waals surface area contributed by atoms with Crippen LogP contribution in [-0.2, 0) is 4.79 Å². The molecule has 0 radical (unpaired) electrons. The minimum absolute atomic E-state index is 0.0517. The molecule has 0 saturated heterocycles. The van der Waals surface area contributed by atoms with Crippen LogP contribution in [0.15, 0.2) is 90.1 Å². The van der Waals surface area contributed by atoms with E-state index in [9.17, 15) is 14.1 Å². The zero-order chi connectivity index (χ0) is 26.6. The lowest BCUT2D eigenvalue weighted by Gasteiger charge is -2.17. The Hall–Kier alpha value is -4.10. The van der Waals surface area contributed by atoms with Gasteiger partial charge >= 0.3 is 0 Å². The second kappa shape index (κ2) is 13.8. The van der Waals surface area contributed by atoms with Crippen LogP contribution in [0.1, 0.15) is 30.0 Å². The number of rotatable bonds is 12. The molecule has 3 aromatic rings. The minimum atomic E-state index is -0.651. The smallest absolute Gasteiger partial charge is 0.245 e. The van der Waals surface area contributed by atoms with Crippen LogP contribution in [0.2, 0.25) is 0 Å². The highest BCUT2D eigenvalue weighted by Gasteiger charge is 2.15. The summed E-state index contributed by atoms with van der Waals surface area (Å²) in [6.45, 7) is 3.73. The molecule has 6 nitrogen and oxygen atoms in total. The summed E-state index contributed by atoms with van der Waals surface area (Å²) in [4.78, 5) is 23.9. The fraction of sp³-hybridized carbons (Fsp3) is 0.233. The van der Waals surface area contributed by atoms with Crippen LogP contribution < -0.4 is 10.1 Å². The number of nitrogens with zero attached hydrogens (tertiary/aromatic N) is 2. The fourth-order valence-electron chi connectivity index (χ4n) is 3.87. The van der Waals surface area contributed by atoms with Gasteiger partial charge in [-0.3, -0.25) is 4.79 Å². The third-order valence-corrected chi connectivity index (χ3v) is 5.77. The highest BCUT2D eigenvalue weighted by atomic mass is 19.1. The maximum Gasteiger partial charge on any atom is 0.245 e. The lowest BCUT2D eigenvalue weighted by Crippen LogP contribution is -2.22. The maximum atomic E-state index is 14.5. The molecule has 37 heavy (non-hydrogen) atoms. The van der Waals surface area contributed by atoms with Crippen LogP contribution in [0.3, 0.4) is 0 Å². The molecule has 0 aromatic heterocycles. The first-order chi connectivity index (χ1) is 17.9. The molecule has 0 fully saturated rings. The number of ether oxygens (including phenoxy) is 1. The van der Waals surface area contributed by atoms with Crippen LogP contribution in [-0.4, -0.2) is 44.6 Å². The highest BCUT2D eigenvalue weighted by molar-refractivity contribution is 5.98. The van der Waals surface area contributed by atoms with Crippen molar-refractivity contribution in [3.63, 3.8) is 0 Å². The molecule has 7 heteroatoms. The summed E-state index contributed by atoms with van der Waals surface area (Å²) < 4.78 is 20.4. The number of nitroso groups, excluding NO2 is 1. The molecule has 3 aromatic carbocycles. The van der Waals surface area contributed by atoms with Crippen LogP contribution in [0.25, 0.3) is 11.1 Å². The Kier molecular flexibility index (Phi) is 10.3. The summed E-state index contributed by atoms with van der Waals surface area (Å²) >= 11 is 0. The number of benzene rings is 3. The van der Waals surface area contributed by atoms with E-state index in [-0.39, 0.29) is 11.6 Å². The Labute approximate surface area is 217 Å². The number of hydrogen-bond donors (Lipinski definition) is 1. The van der Waals surface area contributed by atoms with E-state index in [0.29, 0.717) is 31.0 Å². The maximum absolute atomic E-state index is 14.5. The third-order valence-electron chi connectivity index (χ3n) is 5.77. The first kappa shape index (κ1) is 27.5. The molecule has 1 N–H and O–H groups in total. The zero-order valence-corrected chi connectivity index (χ0v) is 21.4. The van der Waals surface area contributed by atoms with Crippen molar-refractivity contribution in [3.05, 3.63) is 112 Å². The molecule has 0 atom stereocenters. The molecule has 0 unspecified atom stereocenters. The minimum Gasteiger partial charge on any atom is -0.492 e. The van der Waals surface area contributed by atoms with Gasteiger partial charge in [0, 0.05) is 33.3 Å². The first-order valence-electron chi connectivity index (χ1n) is 12.2. The third kappa shape index (κ3) is 7.69. The molecule has 0 aliphatic carbocycles. The van der Waals surface area contributed by atoms with Crippen LogP contribution in [0.5, 0.6) is 5.75 Å². The summed E-state index contributed by atoms with van der Waals surface area (Å²) in [7, 11) is 3.42. The second-order valence-electron chi connectivity index (χ2n) is 8.54. The topological polar surface area (TPSA) is 71.0 Å². The molecule has 0 spiro atoms. The second-order valence-corrected chi connectivity index (χ2v) is 8.54. The Bertz CT molecular complexity index is 1250. The molecular weight excluding hydrogens is 469 g/mol. The molecule has 192 valence electrons. The van der Waals surface area contributed by atoms with Crippen molar-refractivity contribution in [2.45, 2.75) is 13.3 Å². The van der Waals surface area contributed by atoms with Gasteiger partial charge in [-0.05, 0) is 63.7 Å². The number of hydrogen-bond acceptors (Lipinski definition) is 5. The van der Waals surface area contributed by atoms with Crippen molar-refractivity contribution in [1.29, 1.82) is 0 Å². The van der Waals surface area contributed by atoms with Gasteiger partial charge in [0.1, 0.15) is 18.0 Å². The quantitative estimate of drug-likeness (QED) is 0.139. The van der Waals surface area contributed by atoms with Gasteiger partial charge in [-0.15, -0.1) is 4.91 Å². The van der Waals surface area contributed by atoms with Gasteiger partial charge in [0.05, 0.1) is 0 Å². The van der Waals surface area contributed by atoms with Gasteiger partial charge in [-0.1, -0.05) is 61.5 Å². The van der Waals surface area contributed by atoms with Crippen LogP contribution >= 0.6 is 0 Å². The van der Waals surface area contributed by atoms with Crippen LogP contribution in [0, 0.1) is 10.7 Å². The normalized spacial score (nSPS) is 11.8. The van der Waals surface area contributed by atoms with Crippen molar-refractivity contribution in [1.82, 2.24) is 10.2 Å². The molecule has 3 rings (SSSR count). The van der Waals surface area contributed by atoms with E-state index in [4.69, 9.17) is 4.74 Å². The Morgan fingerprint density at radius 1 is 1.00 bits per heavy atom. The molecule has 0 aliphatic heterocycles. The monoisotopic (exact) mass is 501 g/mol. The average molecular weight is 502 g/mol. The highest BCUT2D eigenvalue weighted by Crippen LogP contribution is 2.36. The predicted molar refractivity (Wildman–Crippen MR) is 147 cm³/mol. The summed E-state index contributed by atoms with van der Waals surface area (Å²) in [6.07, 6.45) is 4.04. The summed E-state index contributed by atoms with van der Waals surface area (Å²) in [5.74, 6) is 0.0127. The molecule has 1 amide bonds. The van der Waals surface area contributed by atoms with Crippen molar-refractivity contribution in [2.75, 3.05) is 33.8 Å². The van der Waals surface area contributed by atoms with Crippen LogP contribution in [0.4, 0.5) is 10.1 Å². The number of amides is 1. The fourth-order valence-corrected chi connectivity index (χ4v) is 3.87. The Morgan fingerprint density at radius 3 is 2.32 bits per heavy atom. The molecule has 0 heterocycles. The van der Waals surface area contributed by atoms with E-state index in [0.717, 1.165) is 28.7 Å². The molecular formula is C30H32FN3O3. The molecule has 0 saturated carbocycles. The van der Waals surface area contributed by atoms with Gasteiger partial charge in [0.25, 0.3) is 0 Å². The van der Waals surface area contributed by atoms with E-state index in [1.807, 2.05) is 54.6 Å². The molecule has 0 bridgehead atoms. The van der Waals surface area contributed by atoms with E-state index < -0.39 is 5.82 Å². The van der Waals surface area contributed by atoms with Gasteiger partial charge in [-0.25, -0.2) is 4.39 Å². The van der Waals surface area contributed by atoms with E-state index in [2.05, 4.69) is 17.4 Å². The lowest BCUT2D eigenvalue weighted by atomic mass is 9.88. The molecule has 0 aliphatic rings. The van der Waals surface area contributed by atoms with Gasteiger partial charge in [0.15, 0.2) is 5.82 Å². The Balaban J connectivity index is 1.77. The van der Waals surface area contributed by atoms with Crippen molar-refractivity contribution in [2.24, 2.45) is 5.18 Å². The number of halogens is 1. The van der Waals surface area contributed by atoms with Gasteiger partial charge < -0.3 is 15.0 Å². The predicted octanol–water partition coefficient (Wildman–Crippen LogP) is 6.21. The van der Waals surface area contributed by atoms with Crippen molar-refractivity contribution < 1.29 is 13.9 Å². The largest absolute Gasteiger partial charge is 0.492 e. The SMILES string of the molecule is CC/C(=C(/c1ccc(OCCNC/C=C/C(=O)N(C)C)cc1)c1ccc(N=O)c(F)c1)c1ccccc1. The summed E-state index contributed by atoms with van der Waals surface area (Å²) in [5, 5.41) is 5.96. The first-order valence-corrected chi connectivity index (χ1v) is 12.2. The van der Waals surface area contributed by atoms with E-state index >= 15 is 0 Å². The average Bonchev–Trinajstić information content (AvgIpc) is 2.91. The van der Waals surface area contributed by atoms with E-state index in [1.165, 1.54) is 23.1 Å². The standard InChI is InChI=1S/C30H32FN3O3/c1-4-26(22-9-6-5-7-10-22)30(24-14-17-28(33-36)27(31)21-24)23-12-15-25(16-13-23)37-20-19-32-18-8-11-29(35)34(2)3/h5-17,21,32H,4,18-20H2,1-3H3/b11-8+,30-26+. The zero-order valence-electron chi connectivity index (χ0n) is 21.4. The summed E-state index contributed by atoms with van der Waals surface area (Å²) in [6, 6.07) is 22.2. The van der Waals surface area contributed by atoms with E-state index in [1.54, 1.807) is 26.2 Å². The number of allylic oxidation sites excluding steroid dienone is 1. The number of carbonyl (C=O) groups is 1. The number of carbonyl (C=O) groups excluding carboxylic acids is 1. The number of likely N-dealkylation sites (N-methyl/N-ethyl adjacent to an activating group) is 1. The summed E-state index contributed by atoms with van der Waals surface area (Å²) in [5.41, 5.74) is 4.36. The lowest BCUT2D eigenvalue weighted by molar-refractivity contribution is -0.123. The van der Waals surface area contributed by atoms with Gasteiger partial charge in [-0.2, -0.15) is 0 Å². The Morgan fingerprint density at radius 2 is 1.70 bits per heavy atom. The van der Waals surface area contributed by atoms with Crippen molar-refractivity contribution in [3.8, 4) is 5.75 Å². The van der Waals surface area contributed by atoms with Gasteiger partial charge in [0.2, 0.25) is 5.91 Å². The number of nitrogens with one attached hydrogen (secondary N) is 1.